The Morgan fingerprint density at radius 3 is 3.00 bits per heavy atom. The highest BCUT2D eigenvalue weighted by atomic mass is 32.2. The second kappa shape index (κ2) is 4.69. The molecule has 94 valence electrons. The van der Waals surface area contributed by atoms with E-state index >= 15 is 0 Å². The van der Waals surface area contributed by atoms with Crippen LogP contribution in [-0.4, -0.2) is 23.2 Å². The summed E-state index contributed by atoms with van der Waals surface area (Å²) in [5.74, 6) is 1.64. The molecule has 1 aromatic heterocycles. The molecule has 2 fully saturated rings. The van der Waals surface area contributed by atoms with Gasteiger partial charge in [-0.25, -0.2) is 0 Å². The minimum Gasteiger partial charge on any atom is -0.382 e. The fourth-order valence-corrected chi connectivity index (χ4v) is 5.13. The summed E-state index contributed by atoms with van der Waals surface area (Å²) in [6, 6.07) is 0.759. The Morgan fingerprint density at radius 1 is 1.35 bits per heavy atom. The van der Waals surface area contributed by atoms with Gasteiger partial charge in [-0.2, -0.15) is 4.37 Å². The van der Waals surface area contributed by atoms with Gasteiger partial charge in [0.05, 0.1) is 4.90 Å². The third-order valence-corrected chi connectivity index (χ3v) is 5.96. The SMILES string of the molecule is CSc1c(N)nsc1N1CCCC2CCCC21. The number of piperidine rings is 1. The molecule has 2 aliphatic rings. The number of nitrogens with two attached hydrogens (primary N) is 1. The van der Waals surface area contributed by atoms with Crippen LogP contribution < -0.4 is 10.6 Å². The van der Waals surface area contributed by atoms with E-state index in [2.05, 4.69) is 15.5 Å². The summed E-state index contributed by atoms with van der Waals surface area (Å²) in [7, 11) is 0. The highest BCUT2D eigenvalue weighted by Crippen LogP contribution is 2.45. The van der Waals surface area contributed by atoms with Crippen molar-refractivity contribution in [2.75, 3.05) is 23.4 Å². The normalized spacial score (nSPS) is 28.4. The van der Waals surface area contributed by atoms with Crippen LogP contribution >= 0.6 is 23.3 Å². The maximum atomic E-state index is 5.95. The zero-order valence-electron chi connectivity index (χ0n) is 10.2. The van der Waals surface area contributed by atoms with E-state index in [1.54, 1.807) is 23.3 Å². The zero-order chi connectivity index (χ0) is 11.8. The summed E-state index contributed by atoms with van der Waals surface area (Å²) < 4.78 is 4.33. The number of hydrogen-bond acceptors (Lipinski definition) is 5. The molecule has 1 saturated carbocycles. The largest absolute Gasteiger partial charge is 0.382 e. The monoisotopic (exact) mass is 269 g/mol. The average molecular weight is 269 g/mol. The van der Waals surface area contributed by atoms with Crippen LogP contribution in [0.1, 0.15) is 32.1 Å². The Morgan fingerprint density at radius 2 is 2.18 bits per heavy atom. The Bertz CT molecular complexity index is 404. The van der Waals surface area contributed by atoms with Crippen molar-refractivity contribution in [3.63, 3.8) is 0 Å². The molecule has 0 amide bonds. The summed E-state index contributed by atoms with van der Waals surface area (Å²) in [4.78, 5) is 3.80. The minimum absolute atomic E-state index is 0.720. The fraction of sp³-hybridized carbons (Fsp3) is 0.750. The topological polar surface area (TPSA) is 42.1 Å². The van der Waals surface area contributed by atoms with Gasteiger partial charge >= 0.3 is 0 Å². The van der Waals surface area contributed by atoms with E-state index in [4.69, 9.17) is 5.73 Å². The van der Waals surface area contributed by atoms with Crippen molar-refractivity contribution in [2.24, 2.45) is 5.92 Å². The van der Waals surface area contributed by atoms with Crippen molar-refractivity contribution in [1.29, 1.82) is 0 Å². The van der Waals surface area contributed by atoms with Crippen molar-refractivity contribution < 1.29 is 0 Å². The van der Waals surface area contributed by atoms with Gasteiger partial charge in [-0.1, -0.05) is 6.42 Å². The maximum absolute atomic E-state index is 5.95. The highest BCUT2D eigenvalue weighted by molar-refractivity contribution is 7.99. The number of hydrogen-bond donors (Lipinski definition) is 1. The van der Waals surface area contributed by atoms with Gasteiger partial charge in [-0.15, -0.1) is 11.8 Å². The van der Waals surface area contributed by atoms with Crippen molar-refractivity contribution >= 4 is 34.1 Å². The second-order valence-electron chi connectivity index (χ2n) is 5.00. The number of nitrogens with zero attached hydrogens (tertiary/aromatic N) is 2. The van der Waals surface area contributed by atoms with Crippen LogP contribution in [0, 0.1) is 5.92 Å². The second-order valence-corrected chi connectivity index (χ2v) is 6.57. The van der Waals surface area contributed by atoms with E-state index in [1.807, 2.05) is 0 Å². The number of nitrogen functional groups attached to an aromatic ring is 1. The van der Waals surface area contributed by atoms with Crippen molar-refractivity contribution in [3.05, 3.63) is 0 Å². The fourth-order valence-electron chi connectivity index (χ4n) is 3.37. The quantitative estimate of drug-likeness (QED) is 0.837. The molecule has 1 aliphatic heterocycles. The third-order valence-electron chi connectivity index (χ3n) is 4.12. The van der Waals surface area contributed by atoms with Gasteiger partial charge in [0.15, 0.2) is 5.82 Å². The molecule has 3 nitrogen and oxygen atoms in total. The lowest BCUT2D eigenvalue weighted by molar-refractivity contribution is 0.363. The van der Waals surface area contributed by atoms with E-state index < -0.39 is 0 Å². The van der Waals surface area contributed by atoms with Crippen molar-refractivity contribution in [1.82, 2.24) is 4.37 Å². The van der Waals surface area contributed by atoms with E-state index in [0.717, 1.165) is 17.8 Å². The summed E-state index contributed by atoms with van der Waals surface area (Å²) in [5.41, 5.74) is 5.95. The number of fused-ring (bicyclic) bond motifs is 1. The molecule has 5 heteroatoms. The lowest BCUT2D eigenvalue weighted by Crippen LogP contribution is -2.42. The van der Waals surface area contributed by atoms with Crippen LogP contribution in [-0.2, 0) is 0 Å². The first-order valence-electron chi connectivity index (χ1n) is 6.37. The van der Waals surface area contributed by atoms with Gasteiger partial charge in [-0.05, 0) is 49.4 Å². The van der Waals surface area contributed by atoms with Crippen LogP contribution in [0.4, 0.5) is 10.8 Å². The van der Waals surface area contributed by atoms with Gasteiger partial charge < -0.3 is 10.6 Å². The van der Waals surface area contributed by atoms with Gasteiger partial charge in [-0.3, -0.25) is 0 Å². The Labute approximate surface area is 111 Å². The molecule has 2 atom stereocenters. The number of rotatable bonds is 2. The summed E-state index contributed by atoms with van der Waals surface area (Å²) >= 11 is 3.32. The Hall–Kier alpha value is -0.420. The van der Waals surface area contributed by atoms with Crippen LogP contribution in [0.3, 0.4) is 0 Å². The molecule has 0 radical (unpaired) electrons. The van der Waals surface area contributed by atoms with Crippen molar-refractivity contribution in [2.45, 2.75) is 43.0 Å². The van der Waals surface area contributed by atoms with Gasteiger partial charge in [0.1, 0.15) is 5.00 Å². The first kappa shape index (κ1) is 11.7. The molecule has 0 bridgehead atoms. The molecule has 17 heavy (non-hydrogen) atoms. The minimum atomic E-state index is 0.720. The summed E-state index contributed by atoms with van der Waals surface area (Å²) in [6.07, 6.45) is 9.02. The maximum Gasteiger partial charge on any atom is 0.153 e. The average Bonchev–Trinajstić information content (AvgIpc) is 2.94. The predicted octanol–water partition coefficient (Wildman–Crippen LogP) is 3.22. The molecule has 1 saturated heterocycles. The molecule has 0 aromatic carbocycles. The smallest absolute Gasteiger partial charge is 0.153 e. The zero-order valence-corrected chi connectivity index (χ0v) is 11.8. The van der Waals surface area contributed by atoms with Crippen LogP contribution in [0.15, 0.2) is 4.90 Å². The van der Waals surface area contributed by atoms with Crippen LogP contribution in [0.5, 0.6) is 0 Å². The third kappa shape index (κ3) is 1.93. The first-order chi connectivity index (χ1) is 8.31. The number of thioether (sulfide) groups is 1. The molecular weight excluding hydrogens is 250 g/mol. The van der Waals surface area contributed by atoms with E-state index in [1.165, 1.54) is 48.5 Å². The molecule has 2 unspecified atom stereocenters. The van der Waals surface area contributed by atoms with E-state index in [-0.39, 0.29) is 0 Å². The van der Waals surface area contributed by atoms with E-state index in [0.29, 0.717) is 0 Å². The molecule has 0 spiro atoms. The molecule has 1 aromatic rings. The van der Waals surface area contributed by atoms with E-state index in [9.17, 15) is 0 Å². The summed E-state index contributed by atoms with van der Waals surface area (Å²) in [6.45, 7) is 1.19. The predicted molar refractivity (Wildman–Crippen MR) is 76.0 cm³/mol. The van der Waals surface area contributed by atoms with Gasteiger partial charge in [0, 0.05) is 12.6 Å². The number of anilines is 2. The van der Waals surface area contributed by atoms with Gasteiger partial charge in [0.2, 0.25) is 0 Å². The lowest BCUT2D eigenvalue weighted by atomic mass is 9.92. The van der Waals surface area contributed by atoms with Crippen LogP contribution in [0.2, 0.25) is 0 Å². The highest BCUT2D eigenvalue weighted by Gasteiger charge is 2.36. The Kier molecular flexibility index (Phi) is 3.21. The van der Waals surface area contributed by atoms with Crippen LogP contribution in [0.25, 0.3) is 0 Å². The van der Waals surface area contributed by atoms with Gasteiger partial charge in [0.25, 0.3) is 0 Å². The lowest BCUT2D eigenvalue weighted by Gasteiger charge is -2.38. The molecule has 2 heterocycles. The standard InChI is InChI=1S/C12H19N3S2/c1-16-10-11(13)14-17-12(10)15-7-3-5-8-4-2-6-9(8)15/h8-9H,2-7H2,1H3,(H2,13,14). The molecule has 1 aliphatic carbocycles. The molecule has 3 rings (SSSR count). The Balaban J connectivity index is 1.91. The summed E-state index contributed by atoms with van der Waals surface area (Å²) in [5, 5.41) is 1.33. The molecule has 2 N–H and O–H groups in total. The first-order valence-corrected chi connectivity index (χ1v) is 8.37. The number of aromatic nitrogens is 1. The van der Waals surface area contributed by atoms with Crippen molar-refractivity contribution in [3.8, 4) is 0 Å². The molecular formula is C12H19N3S2.